The Morgan fingerprint density at radius 2 is 2.40 bits per heavy atom. The van der Waals surface area contributed by atoms with Crippen molar-refractivity contribution in [3.63, 3.8) is 0 Å². The fourth-order valence-corrected chi connectivity index (χ4v) is 0.265. The van der Waals surface area contributed by atoms with Crippen LogP contribution >= 0.6 is 0 Å². The number of esters is 1. The van der Waals surface area contributed by atoms with Crippen LogP contribution in [0.15, 0.2) is 25.0 Å². The molecule has 0 heterocycles. The van der Waals surface area contributed by atoms with Crippen LogP contribution in [0, 0.1) is 0 Å². The average molecular weight is 146 g/mol. The number of hydrogen-bond donors (Lipinski definition) is 0. The fourth-order valence-electron chi connectivity index (χ4n) is 0.265. The van der Waals surface area contributed by atoms with Gasteiger partial charge in [-0.3, -0.25) is 0 Å². The summed E-state index contributed by atoms with van der Waals surface area (Å²) in [4.78, 5) is 13.3. The van der Waals surface area contributed by atoms with Crippen LogP contribution in [0.3, 0.4) is 0 Å². The molecule has 0 aliphatic heterocycles. The maximum absolute atomic E-state index is 10.9. The first-order chi connectivity index (χ1) is 4.81. The van der Waals surface area contributed by atoms with Crippen molar-refractivity contribution >= 4 is 5.97 Å². The lowest BCUT2D eigenvalue weighted by Crippen LogP contribution is -1.98. The molecule has 0 amide bonds. The molecule has 3 nitrogen and oxygen atoms in total. The van der Waals surface area contributed by atoms with Crippen LogP contribution in [0.1, 0.15) is 0 Å². The molecule has 0 bridgehead atoms. The SMILES string of the molecule is C=CC(=O)OCC=COF. The summed E-state index contributed by atoms with van der Waals surface area (Å²) < 4.78 is 15.3. The van der Waals surface area contributed by atoms with E-state index in [9.17, 15) is 9.32 Å². The standard InChI is InChI=1S/C6H7FO3/c1-2-6(8)9-4-3-5-10-7/h2-3,5H,1,4H2. The maximum atomic E-state index is 10.9. The zero-order valence-electron chi connectivity index (χ0n) is 5.25. The Morgan fingerprint density at radius 3 is 2.90 bits per heavy atom. The van der Waals surface area contributed by atoms with Crippen LogP contribution in [0.25, 0.3) is 0 Å². The van der Waals surface area contributed by atoms with Crippen molar-refractivity contribution in [2.45, 2.75) is 0 Å². The molecule has 0 aliphatic rings. The average Bonchev–Trinajstić information content (AvgIpc) is 1.98. The van der Waals surface area contributed by atoms with Crippen LogP contribution < -0.4 is 0 Å². The van der Waals surface area contributed by atoms with E-state index in [1.54, 1.807) is 0 Å². The molecular formula is C6H7FO3. The van der Waals surface area contributed by atoms with Gasteiger partial charge in [0.25, 0.3) is 0 Å². The van der Waals surface area contributed by atoms with Crippen molar-refractivity contribution in [1.29, 1.82) is 0 Å². The van der Waals surface area contributed by atoms with E-state index in [1.165, 1.54) is 6.08 Å². The molecule has 0 spiro atoms. The summed E-state index contributed by atoms with van der Waals surface area (Å²) >= 11 is 0. The number of hydrogen-bond acceptors (Lipinski definition) is 3. The number of rotatable bonds is 4. The van der Waals surface area contributed by atoms with Gasteiger partial charge in [-0.05, 0) is 6.08 Å². The highest BCUT2D eigenvalue weighted by Crippen LogP contribution is 1.82. The molecule has 0 radical (unpaired) electrons. The summed E-state index contributed by atoms with van der Waals surface area (Å²) in [6.45, 7) is 3.14. The van der Waals surface area contributed by atoms with E-state index >= 15 is 0 Å². The van der Waals surface area contributed by atoms with Crippen molar-refractivity contribution in [1.82, 2.24) is 0 Å². The smallest absolute Gasteiger partial charge is 0.330 e. The molecule has 0 N–H and O–H groups in total. The van der Waals surface area contributed by atoms with Gasteiger partial charge in [-0.2, -0.15) is 0 Å². The molecular weight excluding hydrogens is 139 g/mol. The van der Waals surface area contributed by atoms with Gasteiger partial charge in [0, 0.05) is 10.6 Å². The van der Waals surface area contributed by atoms with Crippen LogP contribution in [0.5, 0.6) is 0 Å². The minimum atomic E-state index is -0.552. The van der Waals surface area contributed by atoms with Gasteiger partial charge in [-0.15, -0.1) is 0 Å². The third kappa shape index (κ3) is 4.83. The molecule has 10 heavy (non-hydrogen) atoms. The second-order valence-electron chi connectivity index (χ2n) is 1.30. The number of carbonyl (C=O) groups excluding carboxylic acids is 1. The fraction of sp³-hybridized carbons (Fsp3) is 0.167. The van der Waals surface area contributed by atoms with Crippen LogP contribution in [-0.2, 0) is 14.5 Å². The summed E-state index contributed by atoms with van der Waals surface area (Å²) in [6, 6.07) is 0. The predicted molar refractivity (Wildman–Crippen MR) is 32.5 cm³/mol. The Hall–Kier alpha value is -1.32. The molecule has 0 rings (SSSR count). The molecule has 0 aromatic carbocycles. The second kappa shape index (κ2) is 5.81. The molecule has 0 aromatic rings. The van der Waals surface area contributed by atoms with Gasteiger partial charge in [-0.1, -0.05) is 6.58 Å². The van der Waals surface area contributed by atoms with Gasteiger partial charge in [0.2, 0.25) is 0 Å². The lowest BCUT2D eigenvalue weighted by Gasteiger charge is -1.92. The summed E-state index contributed by atoms with van der Waals surface area (Å²) in [5, 5.41) is 0. The normalized spacial score (nSPS) is 9.30. The summed E-state index contributed by atoms with van der Waals surface area (Å²) in [5.74, 6) is -0.552. The zero-order chi connectivity index (χ0) is 7.82. The van der Waals surface area contributed by atoms with E-state index in [0.717, 1.165) is 12.3 Å². The Balaban J connectivity index is 3.27. The minimum absolute atomic E-state index is 0.0191. The first-order valence-electron chi connectivity index (χ1n) is 2.53. The van der Waals surface area contributed by atoms with E-state index < -0.39 is 5.97 Å². The van der Waals surface area contributed by atoms with Gasteiger partial charge in [-0.25, -0.2) is 4.79 Å². The highest BCUT2D eigenvalue weighted by atomic mass is 19.3. The molecule has 0 aromatic heterocycles. The number of carbonyl (C=O) groups is 1. The maximum Gasteiger partial charge on any atom is 0.330 e. The molecule has 0 saturated heterocycles. The Bertz CT molecular complexity index is 142. The molecule has 0 atom stereocenters. The van der Waals surface area contributed by atoms with E-state index in [4.69, 9.17) is 0 Å². The monoisotopic (exact) mass is 146 g/mol. The first kappa shape index (κ1) is 8.68. The Labute approximate surface area is 57.6 Å². The topological polar surface area (TPSA) is 35.5 Å². The zero-order valence-corrected chi connectivity index (χ0v) is 5.25. The van der Waals surface area contributed by atoms with Crippen LogP contribution in [0.2, 0.25) is 0 Å². The minimum Gasteiger partial charge on any atom is -0.458 e. The number of ether oxygens (including phenoxy) is 1. The molecule has 4 heteroatoms. The van der Waals surface area contributed by atoms with Gasteiger partial charge >= 0.3 is 5.97 Å². The largest absolute Gasteiger partial charge is 0.458 e. The Morgan fingerprint density at radius 1 is 1.70 bits per heavy atom. The van der Waals surface area contributed by atoms with Crippen LogP contribution in [0.4, 0.5) is 4.53 Å². The second-order valence-corrected chi connectivity index (χ2v) is 1.30. The van der Waals surface area contributed by atoms with E-state index in [0.29, 0.717) is 0 Å². The molecule has 0 unspecified atom stereocenters. The van der Waals surface area contributed by atoms with Crippen molar-refractivity contribution in [2.24, 2.45) is 0 Å². The Kier molecular flexibility index (Phi) is 5.04. The van der Waals surface area contributed by atoms with Crippen molar-refractivity contribution in [3.8, 4) is 0 Å². The van der Waals surface area contributed by atoms with E-state index in [2.05, 4.69) is 16.3 Å². The molecule has 56 valence electrons. The first-order valence-corrected chi connectivity index (χ1v) is 2.53. The summed E-state index contributed by atoms with van der Waals surface area (Å²) in [6.07, 6.45) is 3.00. The highest BCUT2D eigenvalue weighted by Gasteiger charge is 1.89. The molecule has 0 aliphatic carbocycles. The lowest BCUT2D eigenvalue weighted by molar-refractivity contribution is -0.136. The summed E-state index contributed by atoms with van der Waals surface area (Å²) in [7, 11) is 0. The van der Waals surface area contributed by atoms with Crippen molar-refractivity contribution < 1.29 is 19.0 Å². The predicted octanol–water partition coefficient (Wildman–Crippen LogP) is 1.13. The summed E-state index contributed by atoms with van der Waals surface area (Å²) in [5.41, 5.74) is 0. The molecule has 0 fully saturated rings. The third-order valence-corrected chi connectivity index (χ3v) is 0.636. The van der Waals surface area contributed by atoms with Crippen molar-refractivity contribution in [2.75, 3.05) is 6.61 Å². The highest BCUT2D eigenvalue weighted by molar-refractivity contribution is 5.81. The third-order valence-electron chi connectivity index (χ3n) is 0.636. The van der Waals surface area contributed by atoms with E-state index in [-0.39, 0.29) is 6.61 Å². The van der Waals surface area contributed by atoms with Crippen LogP contribution in [-0.4, -0.2) is 12.6 Å². The van der Waals surface area contributed by atoms with Gasteiger partial charge in [0.15, 0.2) is 0 Å². The van der Waals surface area contributed by atoms with Gasteiger partial charge < -0.3 is 9.68 Å². The van der Waals surface area contributed by atoms with E-state index in [1.807, 2.05) is 0 Å². The lowest BCUT2D eigenvalue weighted by atomic mass is 10.6. The van der Waals surface area contributed by atoms with Crippen molar-refractivity contribution in [3.05, 3.63) is 25.0 Å². The quantitative estimate of drug-likeness (QED) is 0.339. The van der Waals surface area contributed by atoms with Gasteiger partial charge in [0.05, 0.1) is 0 Å². The number of halogens is 1. The van der Waals surface area contributed by atoms with Gasteiger partial charge in [0.1, 0.15) is 12.9 Å². The molecule has 0 saturated carbocycles.